The number of alkyl halides is 6. The van der Waals surface area contributed by atoms with Crippen LogP contribution >= 0.6 is 11.8 Å². The molecule has 13 heteroatoms. The number of thioether (sulfide) groups is 1. The second-order valence-electron chi connectivity index (χ2n) is 9.03. The van der Waals surface area contributed by atoms with E-state index >= 15 is 0 Å². The monoisotopic (exact) mass is 518 g/mol. The lowest BCUT2D eigenvalue weighted by molar-refractivity contribution is -0.179. The molecule has 1 saturated heterocycles. The summed E-state index contributed by atoms with van der Waals surface area (Å²) in [7, 11) is 0. The number of hydrogen-bond acceptors (Lipinski definition) is 5. The van der Waals surface area contributed by atoms with Gasteiger partial charge in [0.2, 0.25) is 0 Å². The number of urea groups is 1. The van der Waals surface area contributed by atoms with E-state index in [2.05, 4.69) is 10.3 Å². The van der Waals surface area contributed by atoms with Crippen molar-refractivity contribution >= 4 is 35.2 Å². The molecule has 2 aromatic rings. The van der Waals surface area contributed by atoms with Gasteiger partial charge in [0.25, 0.3) is 5.91 Å². The highest BCUT2D eigenvalue weighted by atomic mass is 32.2. The highest BCUT2D eigenvalue weighted by molar-refractivity contribution is 8.00. The summed E-state index contributed by atoms with van der Waals surface area (Å²) in [6, 6.07) is 5.36. The van der Waals surface area contributed by atoms with Gasteiger partial charge in [0, 0.05) is 23.2 Å². The third-order valence-corrected chi connectivity index (χ3v) is 7.01. The molecule has 1 unspecified atom stereocenters. The maximum Gasteiger partial charge on any atom is 0.446 e. The fourth-order valence-corrected chi connectivity index (χ4v) is 4.61. The number of nitrogens with one attached hydrogen (secondary N) is 1. The third kappa shape index (κ3) is 4.30. The summed E-state index contributed by atoms with van der Waals surface area (Å²) in [5.41, 5.74) is -7.66. The van der Waals surface area contributed by atoms with Crippen LogP contribution in [-0.4, -0.2) is 45.6 Å². The van der Waals surface area contributed by atoms with Crippen molar-refractivity contribution < 1.29 is 35.9 Å². The second kappa shape index (κ2) is 8.04. The number of amides is 3. The van der Waals surface area contributed by atoms with E-state index in [0.717, 1.165) is 24.0 Å². The summed E-state index contributed by atoms with van der Waals surface area (Å²) in [6.45, 7) is 3.48. The van der Waals surface area contributed by atoms with Crippen LogP contribution in [0.15, 0.2) is 41.4 Å². The predicted octanol–water partition coefficient (Wildman–Crippen LogP) is 5.69. The SMILES string of the molecule is CC1(C)C(=O)N(c2ccc(SC(F)(F)F)cc2)C(=O)N1Cc1cnc2c(c1)C(C)(C(F)(F)F)CN2. The molecule has 1 fully saturated rings. The number of benzene rings is 1. The first-order valence-electron chi connectivity index (χ1n) is 10.4. The number of fused-ring (bicyclic) bond motifs is 1. The first-order valence-corrected chi connectivity index (χ1v) is 11.2. The highest BCUT2D eigenvalue weighted by Crippen LogP contribution is 2.47. The minimum Gasteiger partial charge on any atom is -0.369 e. The number of anilines is 2. The van der Waals surface area contributed by atoms with Gasteiger partial charge < -0.3 is 10.2 Å². The van der Waals surface area contributed by atoms with Crippen molar-refractivity contribution in [3.05, 3.63) is 47.7 Å². The lowest BCUT2D eigenvalue weighted by Gasteiger charge is -2.29. The van der Waals surface area contributed by atoms with E-state index in [0.29, 0.717) is 5.56 Å². The van der Waals surface area contributed by atoms with Crippen molar-refractivity contribution in [1.82, 2.24) is 9.88 Å². The van der Waals surface area contributed by atoms with Gasteiger partial charge in [-0.15, -0.1) is 0 Å². The van der Waals surface area contributed by atoms with Gasteiger partial charge in [0.1, 0.15) is 16.8 Å². The average molecular weight is 518 g/mol. The Balaban J connectivity index is 1.61. The highest BCUT2D eigenvalue weighted by Gasteiger charge is 2.56. The minimum absolute atomic E-state index is 0.0483. The number of rotatable bonds is 4. The first kappa shape index (κ1) is 25.1. The molecule has 35 heavy (non-hydrogen) atoms. The Morgan fingerprint density at radius 3 is 2.26 bits per heavy atom. The number of carbonyl (C=O) groups is 2. The van der Waals surface area contributed by atoms with Crippen LogP contribution in [0.2, 0.25) is 0 Å². The Labute approximate surface area is 200 Å². The van der Waals surface area contributed by atoms with Crippen LogP contribution in [0.5, 0.6) is 0 Å². The Hall–Kier alpha value is -2.96. The van der Waals surface area contributed by atoms with Gasteiger partial charge in [-0.2, -0.15) is 26.3 Å². The van der Waals surface area contributed by atoms with E-state index in [4.69, 9.17) is 0 Å². The largest absolute Gasteiger partial charge is 0.446 e. The molecular weight excluding hydrogens is 498 g/mol. The summed E-state index contributed by atoms with van der Waals surface area (Å²) in [6.07, 6.45) is -3.19. The van der Waals surface area contributed by atoms with Crippen LogP contribution in [-0.2, 0) is 16.8 Å². The molecule has 0 spiro atoms. The van der Waals surface area contributed by atoms with Gasteiger partial charge in [0.05, 0.1) is 12.2 Å². The maximum absolute atomic E-state index is 13.7. The number of hydrogen-bond donors (Lipinski definition) is 1. The Kier molecular flexibility index (Phi) is 5.77. The van der Waals surface area contributed by atoms with Gasteiger partial charge in [-0.3, -0.25) is 4.79 Å². The molecule has 2 aliphatic heterocycles. The Morgan fingerprint density at radius 1 is 1.06 bits per heavy atom. The summed E-state index contributed by atoms with van der Waals surface area (Å²) in [5.74, 6) is -0.509. The van der Waals surface area contributed by atoms with E-state index in [1.807, 2.05) is 0 Å². The molecule has 3 heterocycles. The van der Waals surface area contributed by atoms with Crippen LogP contribution in [0.3, 0.4) is 0 Å². The van der Waals surface area contributed by atoms with Gasteiger partial charge in [-0.25, -0.2) is 14.7 Å². The average Bonchev–Trinajstić information content (AvgIpc) is 3.16. The normalized spacial score (nSPS) is 22.0. The van der Waals surface area contributed by atoms with Crippen molar-refractivity contribution in [3.63, 3.8) is 0 Å². The van der Waals surface area contributed by atoms with Crippen LogP contribution < -0.4 is 10.2 Å². The molecule has 0 saturated carbocycles. The molecule has 0 radical (unpaired) electrons. The zero-order valence-corrected chi connectivity index (χ0v) is 19.5. The standard InChI is InChI=1S/C22H20F6N4O2S/c1-19(2)17(33)32(13-4-6-14(7-5-13)35-22(26,27)28)18(34)31(19)10-12-8-15-16(29-9-12)30-11-20(15,3)21(23,24)25/h4-9H,10-11H2,1-3H3,(H,29,30). The molecule has 1 atom stereocenters. The van der Waals surface area contributed by atoms with Crippen molar-refractivity contribution in [2.45, 2.75) is 54.8 Å². The molecule has 1 aromatic carbocycles. The summed E-state index contributed by atoms with van der Waals surface area (Å²) in [4.78, 5) is 32.3. The first-order chi connectivity index (χ1) is 16.0. The minimum atomic E-state index is -4.53. The smallest absolute Gasteiger partial charge is 0.369 e. The van der Waals surface area contributed by atoms with E-state index in [1.54, 1.807) is 0 Å². The predicted molar refractivity (Wildman–Crippen MR) is 117 cm³/mol. The number of imide groups is 1. The second-order valence-corrected chi connectivity index (χ2v) is 10.2. The summed E-state index contributed by atoms with van der Waals surface area (Å²) >= 11 is -0.324. The van der Waals surface area contributed by atoms with Crippen molar-refractivity contribution in [2.75, 3.05) is 16.8 Å². The van der Waals surface area contributed by atoms with Crippen LogP contribution in [0.25, 0.3) is 0 Å². The van der Waals surface area contributed by atoms with Gasteiger partial charge in [-0.05, 0) is 68.4 Å². The van der Waals surface area contributed by atoms with Gasteiger partial charge in [-0.1, -0.05) is 0 Å². The molecule has 1 aromatic heterocycles. The number of halogens is 6. The molecule has 3 amide bonds. The molecule has 0 bridgehead atoms. The number of aromatic nitrogens is 1. The summed E-state index contributed by atoms with van der Waals surface area (Å²) < 4.78 is 78.9. The van der Waals surface area contributed by atoms with Gasteiger partial charge >= 0.3 is 17.7 Å². The molecule has 6 nitrogen and oxygen atoms in total. The molecule has 2 aliphatic rings. The number of pyridine rings is 1. The molecule has 4 rings (SSSR count). The van der Waals surface area contributed by atoms with Crippen LogP contribution in [0.4, 0.5) is 42.6 Å². The molecule has 0 aliphatic carbocycles. The zero-order chi connectivity index (χ0) is 26.0. The molecule has 188 valence electrons. The third-order valence-electron chi connectivity index (χ3n) is 6.27. The lowest BCUT2D eigenvalue weighted by atomic mass is 9.84. The lowest BCUT2D eigenvalue weighted by Crippen LogP contribution is -2.44. The zero-order valence-electron chi connectivity index (χ0n) is 18.7. The molecule has 1 N–H and O–H groups in total. The maximum atomic E-state index is 13.7. The topological polar surface area (TPSA) is 65.5 Å². The quantitative estimate of drug-likeness (QED) is 0.320. The van der Waals surface area contributed by atoms with E-state index in [9.17, 15) is 35.9 Å². The van der Waals surface area contributed by atoms with Crippen LogP contribution in [0.1, 0.15) is 31.9 Å². The fourth-order valence-electron chi connectivity index (χ4n) is 4.07. The number of nitrogens with zero attached hydrogens (tertiary/aromatic N) is 3. The Bertz CT molecular complexity index is 1180. The van der Waals surface area contributed by atoms with Crippen molar-refractivity contribution in [3.8, 4) is 0 Å². The van der Waals surface area contributed by atoms with E-state index < -0.39 is 34.6 Å². The van der Waals surface area contributed by atoms with E-state index in [1.165, 1.54) is 43.1 Å². The fraction of sp³-hybridized carbons (Fsp3) is 0.409. The van der Waals surface area contributed by atoms with Crippen LogP contribution in [0, 0.1) is 0 Å². The van der Waals surface area contributed by atoms with Crippen molar-refractivity contribution in [1.29, 1.82) is 0 Å². The van der Waals surface area contributed by atoms with Crippen molar-refractivity contribution in [2.24, 2.45) is 0 Å². The van der Waals surface area contributed by atoms with Gasteiger partial charge in [0.15, 0.2) is 0 Å². The summed E-state index contributed by atoms with van der Waals surface area (Å²) in [5, 5.41) is 2.65. The molecular formula is C22H20F6N4O2S. The number of carbonyl (C=O) groups excluding carboxylic acids is 2. The van der Waals surface area contributed by atoms with E-state index in [-0.39, 0.29) is 46.8 Å². The Morgan fingerprint density at radius 2 is 1.69 bits per heavy atom.